The number of thioether (sulfide) groups is 1. The van der Waals surface area contributed by atoms with Crippen LogP contribution < -0.4 is 0 Å². The molecule has 0 heterocycles. The van der Waals surface area contributed by atoms with Crippen LogP contribution in [0.25, 0.3) is 0 Å². The molecular weight excluding hydrogens is 215 g/mol. The van der Waals surface area contributed by atoms with Gasteiger partial charge in [-0.2, -0.15) is 0 Å². The Kier molecular flexibility index (Phi) is 4.62. The van der Waals surface area contributed by atoms with E-state index >= 15 is 0 Å². The Morgan fingerprint density at radius 3 is 2.80 bits per heavy atom. The molecule has 0 spiro atoms. The lowest BCUT2D eigenvalue weighted by Gasteiger charge is -2.08. The number of hydrogen-bond acceptors (Lipinski definition) is 3. The number of aryl methyl sites for hydroxylation is 1. The molecule has 0 fully saturated rings. The number of ether oxygens (including phenoxy) is 1. The molecule has 2 nitrogen and oxygen atoms in total. The van der Waals surface area contributed by atoms with Crippen molar-refractivity contribution in [1.82, 2.24) is 0 Å². The van der Waals surface area contributed by atoms with Gasteiger partial charge in [0.15, 0.2) is 0 Å². The van der Waals surface area contributed by atoms with Gasteiger partial charge in [-0.25, -0.2) is 9.18 Å². The van der Waals surface area contributed by atoms with E-state index in [9.17, 15) is 9.18 Å². The lowest BCUT2D eigenvalue weighted by atomic mass is 10.2. The number of carbonyl (C=O) groups excluding carboxylic acids is 1. The van der Waals surface area contributed by atoms with E-state index in [1.165, 1.54) is 0 Å². The molecule has 0 aliphatic rings. The van der Waals surface area contributed by atoms with Gasteiger partial charge in [0.25, 0.3) is 0 Å². The predicted octanol–water partition coefficient (Wildman–Crippen LogP) is 2.95. The van der Waals surface area contributed by atoms with Crippen molar-refractivity contribution in [1.29, 1.82) is 0 Å². The van der Waals surface area contributed by atoms with E-state index in [-0.39, 0.29) is 6.61 Å². The third-order valence-electron chi connectivity index (χ3n) is 1.80. The molecule has 15 heavy (non-hydrogen) atoms. The maximum atomic E-state index is 13.3. The van der Waals surface area contributed by atoms with Crippen LogP contribution in [0.5, 0.6) is 0 Å². The lowest BCUT2D eigenvalue weighted by molar-refractivity contribution is -0.145. The molecule has 0 saturated heterocycles. The van der Waals surface area contributed by atoms with E-state index in [1.54, 1.807) is 13.0 Å². The number of halogens is 1. The number of rotatable bonds is 4. The van der Waals surface area contributed by atoms with Crippen molar-refractivity contribution in [3.8, 4) is 0 Å². The molecule has 1 rings (SSSR count). The number of alkyl halides is 1. The Hall–Kier alpha value is -1.03. The van der Waals surface area contributed by atoms with Gasteiger partial charge in [-0.05, 0) is 25.5 Å². The molecule has 1 atom stereocenters. The second-order valence-corrected chi connectivity index (χ2v) is 4.04. The molecule has 0 saturated carbocycles. The van der Waals surface area contributed by atoms with Gasteiger partial charge in [0.05, 0.1) is 6.61 Å². The molecule has 0 N–H and O–H groups in total. The highest BCUT2D eigenvalue weighted by Gasteiger charge is 2.20. The van der Waals surface area contributed by atoms with Crippen molar-refractivity contribution in [2.45, 2.75) is 24.2 Å². The van der Waals surface area contributed by atoms with E-state index in [0.717, 1.165) is 22.2 Å². The summed E-state index contributed by atoms with van der Waals surface area (Å²) in [6.45, 7) is 3.73. The van der Waals surface area contributed by atoms with Crippen LogP contribution in [0.1, 0.15) is 12.5 Å². The van der Waals surface area contributed by atoms with Crippen LogP contribution in [0.2, 0.25) is 0 Å². The third-order valence-corrected chi connectivity index (χ3v) is 2.91. The Balaban J connectivity index is 2.62. The molecular formula is C11H13FO2S. The maximum Gasteiger partial charge on any atom is 0.351 e. The van der Waals surface area contributed by atoms with E-state index < -0.39 is 11.5 Å². The van der Waals surface area contributed by atoms with Gasteiger partial charge in [0.1, 0.15) is 0 Å². The summed E-state index contributed by atoms with van der Waals surface area (Å²) < 4.78 is 17.9. The third kappa shape index (κ3) is 3.55. The van der Waals surface area contributed by atoms with Crippen LogP contribution in [0.15, 0.2) is 29.2 Å². The summed E-state index contributed by atoms with van der Waals surface area (Å²) in [4.78, 5) is 11.8. The van der Waals surface area contributed by atoms with Crippen molar-refractivity contribution < 1.29 is 13.9 Å². The molecule has 0 radical (unpaired) electrons. The second-order valence-electron chi connectivity index (χ2n) is 2.95. The summed E-state index contributed by atoms with van der Waals surface area (Å²) in [5.41, 5.74) is -0.694. The first-order chi connectivity index (χ1) is 7.15. The zero-order valence-corrected chi connectivity index (χ0v) is 9.51. The molecule has 82 valence electrons. The highest BCUT2D eigenvalue weighted by Crippen LogP contribution is 2.27. The van der Waals surface area contributed by atoms with Crippen LogP contribution in [0, 0.1) is 6.92 Å². The lowest BCUT2D eigenvalue weighted by Crippen LogP contribution is -2.15. The minimum absolute atomic E-state index is 0.202. The van der Waals surface area contributed by atoms with Crippen LogP contribution in [-0.2, 0) is 9.53 Å². The van der Waals surface area contributed by atoms with Gasteiger partial charge in [-0.1, -0.05) is 30.0 Å². The van der Waals surface area contributed by atoms with Crippen molar-refractivity contribution in [3.05, 3.63) is 29.8 Å². The fourth-order valence-electron chi connectivity index (χ4n) is 1.06. The van der Waals surface area contributed by atoms with E-state index in [1.807, 2.05) is 25.1 Å². The minimum Gasteiger partial charge on any atom is -0.463 e. The fourth-order valence-corrected chi connectivity index (χ4v) is 1.85. The topological polar surface area (TPSA) is 26.3 Å². The zero-order valence-electron chi connectivity index (χ0n) is 8.70. The summed E-state index contributed by atoms with van der Waals surface area (Å²) in [5, 5.41) is 0. The predicted molar refractivity (Wildman–Crippen MR) is 58.6 cm³/mol. The van der Waals surface area contributed by atoms with Crippen molar-refractivity contribution in [3.63, 3.8) is 0 Å². The molecule has 0 aliphatic carbocycles. The van der Waals surface area contributed by atoms with Crippen LogP contribution in [0.4, 0.5) is 4.39 Å². The number of benzene rings is 1. The van der Waals surface area contributed by atoms with Crippen molar-refractivity contribution >= 4 is 17.7 Å². The van der Waals surface area contributed by atoms with Crippen LogP contribution in [0.3, 0.4) is 0 Å². The molecule has 1 aromatic carbocycles. The first-order valence-corrected chi connectivity index (χ1v) is 5.56. The summed E-state index contributed by atoms with van der Waals surface area (Å²) in [6.07, 6.45) is 0. The first-order valence-electron chi connectivity index (χ1n) is 4.68. The van der Waals surface area contributed by atoms with Gasteiger partial charge in [0.2, 0.25) is 5.50 Å². The highest BCUT2D eigenvalue weighted by atomic mass is 32.2. The molecule has 1 aromatic rings. The summed E-state index contributed by atoms with van der Waals surface area (Å²) in [5.74, 6) is -0.814. The second kappa shape index (κ2) is 5.75. The quantitative estimate of drug-likeness (QED) is 0.585. The number of hydrogen-bond donors (Lipinski definition) is 0. The van der Waals surface area contributed by atoms with Gasteiger partial charge in [-0.3, -0.25) is 0 Å². The van der Waals surface area contributed by atoms with Gasteiger partial charge >= 0.3 is 5.97 Å². The molecule has 4 heteroatoms. The first kappa shape index (κ1) is 12.0. The van der Waals surface area contributed by atoms with E-state index in [4.69, 9.17) is 0 Å². The molecule has 1 unspecified atom stereocenters. The summed E-state index contributed by atoms with van der Waals surface area (Å²) in [7, 11) is 0. The largest absolute Gasteiger partial charge is 0.463 e. The Bertz CT molecular complexity index is 341. The molecule has 0 aliphatic heterocycles. The highest BCUT2D eigenvalue weighted by molar-refractivity contribution is 8.00. The average Bonchev–Trinajstić information content (AvgIpc) is 2.21. The molecule has 0 amide bonds. The molecule has 0 aromatic heterocycles. The van der Waals surface area contributed by atoms with E-state index in [0.29, 0.717) is 0 Å². The average molecular weight is 228 g/mol. The van der Waals surface area contributed by atoms with Crippen LogP contribution in [-0.4, -0.2) is 18.1 Å². The molecule has 0 bridgehead atoms. The van der Waals surface area contributed by atoms with Crippen molar-refractivity contribution in [2.75, 3.05) is 6.61 Å². The van der Waals surface area contributed by atoms with Crippen LogP contribution >= 0.6 is 11.8 Å². The summed E-state index contributed by atoms with van der Waals surface area (Å²) >= 11 is 0.877. The summed E-state index contributed by atoms with van der Waals surface area (Å²) in [6, 6.07) is 7.34. The normalized spacial score (nSPS) is 12.2. The van der Waals surface area contributed by atoms with Gasteiger partial charge in [-0.15, -0.1) is 0 Å². The smallest absolute Gasteiger partial charge is 0.351 e. The Morgan fingerprint density at radius 2 is 2.20 bits per heavy atom. The zero-order chi connectivity index (χ0) is 11.3. The maximum absolute atomic E-state index is 13.3. The Labute approximate surface area is 92.8 Å². The Morgan fingerprint density at radius 1 is 1.53 bits per heavy atom. The fraction of sp³-hybridized carbons (Fsp3) is 0.364. The number of carbonyl (C=O) groups is 1. The number of esters is 1. The van der Waals surface area contributed by atoms with E-state index in [2.05, 4.69) is 4.74 Å². The standard InChI is InChI=1S/C11H13FO2S/c1-3-14-11(13)10(12)15-9-7-5-4-6-8(9)2/h4-7,10H,3H2,1-2H3. The SMILES string of the molecule is CCOC(=O)C(F)Sc1ccccc1C. The van der Waals surface area contributed by atoms with Gasteiger partial charge in [0, 0.05) is 4.90 Å². The minimum atomic E-state index is -1.65. The van der Waals surface area contributed by atoms with Crippen molar-refractivity contribution in [2.24, 2.45) is 0 Å². The monoisotopic (exact) mass is 228 g/mol. The van der Waals surface area contributed by atoms with Gasteiger partial charge < -0.3 is 4.74 Å².